The number of nitrogens with one attached hydrogen (secondary N) is 1. The molecule has 0 radical (unpaired) electrons. The Kier molecular flexibility index (Phi) is 5.75. The van der Waals surface area contributed by atoms with Crippen LogP contribution in [0.1, 0.15) is 68.6 Å². The Balaban J connectivity index is 1.12. The largest absolute Gasteiger partial charge is 0.436 e. The third kappa shape index (κ3) is 4.20. The normalized spacial score (nSPS) is 29.1. The molecule has 6 nitrogen and oxygen atoms in total. The van der Waals surface area contributed by atoms with Gasteiger partial charge in [-0.05, 0) is 105 Å². The Morgan fingerprint density at radius 3 is 2.63 bits per heavy atom. The molecule has 0 saturated heterocycles. The van der Waals surface area contributed by atoms with E-state index in [2.05, 4.69) is 17.2 Å². The van der Waals surface area contributed by atoms with E-state index in [4.69, 9.17) is 16.3 Å². The second kappa shape index (κ2) is 8.81. The van der Waals surface area contributed by atoms with Crippen molar-refractivity contribution in [1.82, 2.24) is 10.3 Å². The molecule has 7 rings (SSSR count). The van der Waals surface area contributed by atoms with E-state index in [1.165, 1.54) is 38.5 Å². The number of hydrogen-bond donors (Lipinski definition) is 1. The lowest BCUT2D eigenvalue weighted by atomic mass is 9.48. The zero-order valence-corrected chi connectivity index (χ0v) is 20.9. The summed E-state index contributed by atoms with van der Waals surface area (Å²) in [6.45, 7) is 2.60. The monoisotopic (exact) mass is 493 g/mol. The van der Waals surface area contributed by atoms with Gasteiger partial charge >= 0.3 is 0 Å². The average molecular weight is 494 g/mol. The lowest BCUT2D eigenvalue weighted by molar-refractivity contribution is -0.126. The van der Waals surface area contributed by atoms with Gasteiger partial charge in [0.25, 0.3) is 5.91 Å². The molecule has 1 aromatic carbocycles. The van der Waals surface area contributed by atoms with Crippen LogP contribution >= 0.6 is 11.6 Å². The highest BCUT2D eigenvalue weighted by atomic mass is 35.5. The summed E-state index contributed by atoms with van der Waals surface area (Å²) in [5.41, 5.74) is 1.29. The zero-order chi connectivity index (χ0) is 24.2. The van der Waals surface area contributed by atoms with E-state index < -0.39 is 0 Å². The summed E-state index contributed by atoms with van der Waals surface area (Å²) in [6, 6.07) is 8.85. The number of carbonyl (C=O) groups excluding carboxylic acids is 2. The van der Waals surface area contributed by atoms with E-state index in [1.807, 2.05) is 0 Å². The molecule has 2 heterocycles. The van der Waals surface area contributed by atoms with Crippen LogP contribution in [0.3, 0.4) is 0 Å². The number of anilines is 1. The van der Waals surface area contributed by atoms with Crippen LogP contribution in [0.4, 0.5) is 5.69 Å². The number of rotatable bonds is 6. The third-order valence-electron chi connectivity index (χ3n) is 8.83. The SMILES string of the molecule is C[C@H](NC(=O)CCCN1C(=O)c2cccnc2Oc2ccc(Cl)cc21)C12CC3CC(CC(C3)C1)C2. The van der Waals surface area contributed by atoms with E-state index in [-0.39, 0.29) is 29.2 Å². The van der Waals surface area contributed by atoms with Gasteiger partial charge in [0.2, 0.25) is 11.8 Å². The highest BCUT2D eigenvalue weighted by molar-refractivity contribution is 6.31. The van der Waals surface area contributed by atoms with Gasteiger partial charge in [0.15, 0.2) is 5.75 Å². The molecule has 1 atom stereocenters. The van der Waals surface area contributed by atoms with Crippen LogP contribution in [0.2, 0.25) is 5.02 Å². The molecule has 2 amide bonds. The number of pyridine rings is 1. The van der Waals surface area contributed by atoms with Gasteiger partial charge in [-0.3, -0.25) is 9.59 Å². The number of aromatic nitrogens is 1. The summed E-state index contributed by atoms with van der Waals surface area (Å²) in [7, 11) is 0. The number of halogens is 1. The number of hydrogen-bond acceptors (Lipinski definition) is 4. The lowest BCUT2D eigenvalue weighted by Crippen LogP contribution is -2.55. The fraction of sp³-hybridized carbons (Fsp3) is 0.536. The minimum atomic E-state index is -0.198. The van der Waals surface area contributed by atoms with Gasteiger partial charge in [-0.25, -0.2) is 4.98 Å². The van der Waals surface area contributed by atoms with Gasteiger partial charge in [0.1, 0.15) is 5.56 Å². The third-order valence-corrected chi connectivity index (χ3v) is 9.07. The summed E-state index contributed by atoms with van der Waals surface area (Å²) in [5.74, 6) is 3.27. The molecule has 1 aliphatic heterocycles. The van der Waals surface area contributed by atoms with Crippen molar-refractivity contribution in [2.45, 2.75) is 64.3 Å². The van der Waals surface area contributed by atoms with Crippen molar-refractivity contribution >= 4 is 29.1 Å². The molecule has 5 aliphatic rings. The Labute approximate surface area is 211 Å². The van der Waals surface area contributed by atoms with E-state index >= 15 is 0 Å². The molecule has 4 bridgehead atoms. The standard InChI is InChI=1S/C28H32ClN3O3/c1-17(28-14-18-10-19(15-28)12-20(11-18)16-28)31-25(33)5-3-9-32-23-13-21(29)6-7-24(23)35-26-22(27(32)34)4-2-8-30-26/h2,4,6-8,13,17-20H,3,5,9-12,14-16H2,1H3,(H,31,33)/t17-,18?,19?,20?,28?/m0/s1. The Bertz CT molecular complexity index is 1130. The number of ether oxygens (including phenoxy) is 1. The molecule has 0 unspecified atom stereocenters. The van der Waals surface area contributed by atoms with Crippen molar-refractivity contribution < 1.29 is 14.3 Å². The second-order valence-electron chi connectivity index (χ2n) is 11.2. The van der Waals surface area contributed by atoms with E-state index in [0.717, 1.165) is 17.8 Å². The minimum absolute atomic E-state index is 0.0696. The first-order valence-electron chi connectivity index (χ1n) is 12.9. The maximum absolute atomic E-state index is 13.4. The summed E-state index contributed by atoms with van der Waals surface area (Å²) >= 11 is 6.25. The van der Waals surface area contributed by atoms with Gasteiger partial charge in [0, 0.05) is 30.2 Å². The number of fused-ring (bicyclic) bond motifs is 2. The van der Waals surface area contributed by atoms with Crippen molar-refractivity contribution in [2.24, 2.45) is 23.2 Å². The quantitative estimate of drug-likeness (QED) is 0.536. The molecule has 7 heteroatoms. The van der Waals surface area contributed by atoms with Gasteiger partial charge in [-0.15, -0.1) is 0 Å². The number of nitrogens with zero attached hydrogens (tertiary/aromatic N) is 2. The molecular weight excluding hydrogens is 462 g/mol. The molecule has 1 aromatic heterocycles. The predicted octanol–water partition coefficient (Wildman–Crippen LogP) is 5.99. The molecule has 0 spiro atoms. The first-order chi connectivity index (χ1) is 16.9. The van der Waals surface area contributed by atoms with Gasteiger partial charge in [-0.1, -0.05) is 11.6 Å². The summed E-state index contributed by atoms with van der Waals surface area (Å²) < 4.78 is 5.94. The number of amides is 2. The molecule has 4 aliphatic carbocycles. The smallest absolute Gasteiger partial charge is 0.263 e. The average Bonchev–Trinajstić information content (AvgIpc) is 2.93. The molecular formula is C28H32ClN3O3. The van der Waals surface area contributed by atoms with Gasteiger partial charge in [0.05, 0.1) is 5.69 Å². The summed E-state index contributed by atoms with van der Waals surface area (Å²) in [5, 5.41) is 3.86. The van der Waals surface area contributed by atoms with Gasteiger partial charge < -0.3 is 15.0 Å². The van der Waals surface area contributed by atoms with Crippen molar-refractivity contribution in [3.8, 4) is 11.6 Å². The fourth-order valence-corrected chi connectivity index (χ4v) is 7.74. The van der Waals surface area contributed by atoms with E-state index in [0.29, 0.717) is 41.4 Å². The molecule has 2 aromatic rings. The van der Waals surface area contributed by atoms with Gasteiger partial charge in [-0.2, -0.15) is 0 Å². The number of benzene rings is 1. The number of carbonyl (C=O) groups is 2. The topological polar surface area (TPSA) is 71.5 Å². The Morgan fingerprint density at radius 2 is 1.91 bits per heavy atom. The van der Waals surface area contributed by atoms with Crippen LogP contribution in [0, 0.1) is 23.2 Å². The van der Waals surface area contributed by atoms with Crippen molar-refractivity contribution in [3.05, 3.63) is 47.1 Å². The maximum Gasteiger partial charge on any atom is 0.263 e. The van der Waals surface area contributed by atoms with Crippen LogP contribution < -0.4 is 15.0 Å². The molecule has 184 valence electrons. The van der Waals surface area contributed by atoms with Crippen LogP contribution in [-0.2, 0) is 4.79 Å². The first kappa shape index (κ1) is 22.8. The molecule has 1 N–H and O–H groups in total. The Hall–Kier alpha value is -2.60. The van der Waals surface area contributed by atoms with Crippen LogP contribution in [0.25, 0.3) is 0 Å². The zero-order valence-electron chi connectivity index (χ0n) is 20.1. The predicted molar refractivity (Wildman–Crippen MR) is 135 cm³/mol. The molecule has 4 saturated carbocycles. The minimum Gasteiger partial charge on any atom is -0.436 e. The van der Waals surface area contributed by atoms with Crippen molar-refractivity contribution in [3.63, 3.8) is 0 Å². The van der Waals surface area contributed by atoms with Crippen LogP contribution in [0.15, 0.2) is 36.5 Å². The first-order valence-corrected chi connectivity index (χ1v) is 13.3. The highest BCUT2D eigenvalue weighted by Gasteiger charge is 2.53. The van der Waals surface area contributed by atoms with E-state index in [9.17, 15) is 9.59 Å². The summed E-state index contributed by atoms with van der Waals surface area (Å²) in [6.07, 6.45) is 10.5. The lowest BCUT2D eigenvalue weighted by Gasteiger charge is -2.59. The molecule has 35 heavy (non-hydrogen) atoms. The fourth-order valence-electron chi connectivity index (χ4n) is 7.58. The van der Waals surface area contributed by atoms with E-state index in [1.54, 1.807) is 41.4 Å². The maximum atomic E-state index is 13.4. The van der Waals surface area contributed by atoms with Crippen LogP contribution in [-0.4, -0.2) is 29.4 Å². The van der Waals surface area contributed by atoms with Crippen LogP contribution in [0.5, 0.6) is 11.6 Å². The second-order valence-corrected chi connectivity index (χ2v) is 11.6. The van der Waals surface area contributed by atoms with Crippen molar-refractivity contribution in [1.29, 1.82) is 0 Å². The molecule has 4 fully saturated rings. The summed E-state index contributed by atoms with van der Waals surface area (Å²) in [4.78, 5) is 32.2. The highest BCUT2D eigenvalue weighted by Crippen LogP contribution is 2.61. The Morgan fingerprint density at radius 1 is 1.20 bits per heavy atom. The van der Waals surface area contributed by atoms with Crippen molar-refractivity contribution in [2.75, 3.05) is 11.4 Å².